The Morgan fingerprint density at radius 1 is 0.980 bits per heavy atom. The molecule has 0 saturated carbocycles. The molecule has 1 atom stereocenters. The highest BCUT2D eigenvalue weighted by Crippen LogP contribution is 2.54. The predicted molar refractivity (Wildman–Crippen MR) is 197 cm³/mol. The number of ether oxygens (including phenoxy) is 4. The van der Waals surface area contributed by atoms with Crippen LogP contribution in [0.25, 0.3) is 0 Å². The summed E-state index contributed by atoms with van der Waals surface area (Å²) in [5, 5.41) is 10.1. The van der Waals surface area contributed by atoms with Crippen molar-refractivity contribution in [2.24, 2.45) is 0 Å². The van der Waals surface area contributed by atoms with Gasteiger partial charge in [0, 0.05) is 47.4 Å². The van der Waals surface area contributed by atoms with E-state index in [-0.39, 0.29) is 48.9 Å². The van der Waals surface area contributed by atoms with Gasteiger partial charge in [-0.1, -0.05) is 18.2 Å². The second-order valence-electron chi connectivity index (χ2n) is 12.6. The van der Waals surface area contributed by atoms with Crippen LogP contribution in [-0.2, 0) is 25.2 Å². The molecule has 15 heteroatoms. The Bertz CT molecular complexity index is 1970. The Labute approximate surface area is 311 Å². The number of piperidine rings is 1. The molecule has 0 radical (unpaired) electrons. The lowest BCUT2D eigenvalue weighted by molar-refractivity contribution is -0.132. The van der Waals surface area contributed by atoms with Gasteiger partial charge in [-0.25, -0.2) is 13.2 Å². The molecule has 3 heterocycles. The molecule has 3 aromatic carbocycles. The van der Waals surface area contributed by atoms with Crippen LogP contribution in [0, 0.1) is 14.9 Å². The Morgan fingerprint density at radius 2 is 1.69 bits per heavy atom. The van der Waals surface area contributed by atoms with Crippen LogP contribution >= 0.6 is 22.6 Å². The summed E-state index contributed by atoms with van der Waals surface area (Å²) in [6, 6.07) is 16.1. The number of methoxy groups -OCH3 is 2. The molecule has 0 bridgehead atoms. The van der Waals surface area contributed by atoms with Crippen LogP contribution in [0.5, 0.6) is 17.2 Å². The molecule has 3 aromatic rings. The van der Waals surface area contributed by atoms with Crippen LogP contribution in [0.1, 0.15) is 36.5 Å². The van der Waals surface area contributed by atoms with Crippen molar-refractivity contribution in [2.75, 3.05) is 71.4 Å². The van der Waals surface area contributed by atoms with Gasteiger partial charge < -0.3 is 28.7 Å². The summed E-state index contributed by atoms with van der Waals surface area (Å²) in [7, 11) is 0.133. The molecule has 0 aromatic heterocycles. The van der Waals surface area contributed by atoms with E-state index in [0.29, 0.717) is 42.3 Å². The molecule has 2 saturated heterocycles. The number of para-hydroxylation sites is 1. The van der Waals surface area contributed by atoms with Crippen LogP contribution in [0.3, 0.4) is 0 Å². The maximum absolute atomic E-state index is 15.3. The molecule has 3 aliphatic rings. The molecule has 6 rings (SSSR count). The molecule has 2 amide bonds. The number of rotatable bonds is 9. The zero-order valence-corrected chi connectivity index (χ0v) is 31.9. The van der Waals surface area contributed by atoms with E-state index in [4.69, 9.17) is 18.9 Å². The zero-order valence-electron chi connectivity index (χ0n) is 28.9. The lowest BCUT2D eigenvalue weighted by Gasteiger charge is -2.42. The fourth-order valence-electron chi connectivity index (χ4n) is 7.10. The molecule has 270 valence electrons. The fraction of sp³-hybridized carbons (Fsp3) is 0.417. The first-order valence-corrected chi connectivity index (χ1v) is 19.2. The lowest BCUT2D eigenvalue weighted by atomic mass is 9.85. The minimum Gasteiger partial charge on any atom is -0.497 e. The number of piperazine rings is 1. The summed E-state index contributed by atoms with van der Waals surface area (Å²) in [5.74, 6) is -0.553. The highest BCUT2D eigenvalue weighted by Gasteiger charge is 2.62. The van der Waals surface area contributed by atoms with Gasteiger partial charge in [0.2, 0.25) is 5.60 Å². The smallest absolute Gasteiger partial charge is 0.411 e. The standard InChI is InChI=1S/C36H40IN5O8S/c1-5-49-29-9-7-6-8-27(29)36(50-35(44)41-20-18-40(19-21-41)25-14-16-39(2)17-15-25)32-28(12-10-24(23-38)33(32)37)42(34(36)43)51(45,46)31-13-11-26(47-3)22-30(31)48-4/h6-13,22,25H,5,14-21H2,1-4H3. The molecular weight excluding hydrogens is 789 g/mol. The van der Waals surface area contributed by atoms with E-state index in [1.54, 1.807) is 36.1 Å². The summed E-state index contributed by atoms with van der Waals surface area (Å²) < 4.78 is 53.4. The monoisotopic (exact) mass is 829 g/mol. The van der Waals surface area contributed by atoms with E-state index in [2.05, 4.69) is 22.9 Å². The van der Waals surface area contributed by atoms with Crippen LogP contribution in [0.2, 0.25) is 0 Å². The molecular formula is C36H40IN5O8S. The number of nitriles is 1. The highest BCUT2D eigenvalue weighted by atomic mass is 127. The normalized spacial score (nSPS) is 20.1. The fourth-order valence-corrected chi connectivity index (χ4v) is 9.65. The Kier molecular flexibility index (Phi) is 10.7. The van der Waals surface area contributed by atoms with Crippen molar-refractivity contribution in [3.8, 4) is 23.3 Å². The van der Waals surface area contributed by atoms with Crippen LogP contribution in [0.4, 0.5) is 10.5 Å². The number of carbonyl (C=O) groups excluding carboxylic acids is 2. The molecule has 1 unspecified atom stereocenters. The number of hydrogen-bond acceptors (Lipinski definition) is 11. The topological polar surface area (TPSA) is 142 Å². The van der Waals surface area contributed by atoms with E-state index in [1.807, 2.05) is 22.6 Å². The number of fused-ring (bicyclic) bond motifs is 1. The molecule has 3 aliphatic heterocycles. The van der Waals surface area contributed by atoms with Gasteiger partial charge in [0.25, 0.3) is 15.9 Å². The number of anilines is 1. The van der Waals surface area contributed by atoms with Gasteiger partial charge in [0.05, 0.1) is 37.6 Å². The Hall–Kier alpha value is -4.11. The number of nitrogens with zero attached hydrogens (tertiary/aromatic N) is 5. The number of amides is 2. The van der Waals surface area contributed by atoms with Crippen molar-refractivity contribution in [3.63, 3.8) is 0 Å². The van der Waals surface area contributed by atoms with Crippen LogP contribution in [0.15, 0.2) is 59.5 Å². The summed E-state index contributed by atoms with van der Waals surface area (Å²) in [6.45, 7) is 5.98. The van der Waals surface area contributed by atoms with Gasteiger partial charge >= 0.3 is 6.09 Å². The van der Waals surface area contributed by atoms with E-state index < -0.39 is 27.6 Å². The number of carbonyl (C=O) groups is 2. The largest absolute Gasteiger partial charge is 0.497 e. The lowest BCUT2D eigenvalue weighted by Crippen LogP contribution is -2.55. The highest BCUT2D eigenvalue weighted by molar-refractivity contribution is 14.1. The zero-order chi connectivity index (χ0) is 36.5. The van der Waals surface area contributed by atoms with Gasteiger partial charge in [0.1, 0.15) is 28.2 Å². The molecule has 0 N–H and O–H groups in total. The van der Waals surface area contributed by atoms with Gasteiger partial charge in [-0.15, -0.1) is 0 Å². The number of halogens is 1. The molecule has 13 nitrogen and oxygen atoms in total. The number of benzene rings is 3. The van der Waals surface area contributed by atoms with Gasteiger partial charge in [-0.3, -0.25) is 9.69 Å². The number of sulfonamides is 1. The maximum Gasteiger partial charge on any atom is 0.411 e. The maximum atomic E-state index is 15.3. The first-order chi connectivity index (χ1) is 24.5. The summed E-state index contributed by atoms with van der Waals surface area (Å²) >= 11 is 1.91. The van der Waals surface area contributed by atoms with Crippen molar-refractivity contribution in [1.29, 1.82) is 5.26 Å². The first-order valence-electron chi connectivity index (χ1n) is 16.7. The van der Waals surface area contributed by atoms with Gasteiger partial charge in [0.15, 0.2) is 0 Å². The average molecular weight is 830 g/mol. The molecule has 0 spiro atoms. The third kappa shape index (κ3) is 6.47. The Balaban J connectivity index is 1.48. The average Bonchev–Trinajstić information content (AvgIpc) is 3.40. The third-order valence-corrected chi connectivity index (χ3v) is 12.6. The van der Waals surface area contributed by atoms with Gasteiger partial charge in [-0.2, -0.15) is 9.57 Å². The molecule has 2 fully saturated rings. The van der Waals surface area contributed by atoms with Crippen molar-refractivity contribution in [3.05, 3.63) is 74.9 Å². The van der Waals surface area contributed by atoms with E-state index >= 15 is 4.79 Å². The second kappa shape index (κ2) is 14.9. The minimum absolute atomic E-state index is 0.0497. The molecule has 0 aliphatic carbocycles. The van der Waals surface area contributed by atoms with Gasteiger partial charge in [-0.05, 0) is 92.8 Å². The van der Waals surface area contributed by atoms with E-state index in [9.17, 15) is 18.5 Å². The number of hydrogen-bond donors (Lipinski definition) is 0. The van der Waals surface area contributed by atoms with E-state index in [1.165, 1.54) is 44.6 Å². The number of likely N-dealkylation sites (tertiary alicyclic amines) is 1. The quantitative estimate of drug-likeness (QED) is 0.284. The summed E-state index contributed by atoms with van der Waals surface area (Å²) in [4.78, 5) is 35.6. The molecule has 51 heavy (non-hydrogen) atoms. The summed E-state index contributed by atoms with van der Waals surface area (Å²) in [5.41, 5.74) is -2.06. The second-order valence-corrected chi connectivity index (χ2v) is 15.4. The first kappa shape index (κ1) is 36.7. The van der Waals surface area contributed by atoms with Crippen LogP contribution < -0.4 is 18.5 Å². The third-order valence-electron chi connectivity index (χ3n) is 9.77. The van der Waals surface area contributed by atoms with Crippen molar-refractivity contribution in [2.45, 2.75) is 36.3 Å². The minimum atomic E-state index is -4.73. The Morgan fingerprint density at radius 3 is 2.33 bits per heavy atom. The van der Waals surface area contributed by atoms with Crippen molar-refractivity contribution >= 4 is 50.3 Å². The van der Waals surface area contributed by atoms with Crippen molar-refractivity contribution < 1.29 is 37.0 Å². The van der Waals surface area contributed by atoms with Crippen molar-refractivity contribution in [1.82, 2.24) is 14.7 Å². The van der Waals surface area contributed by atoms with Crippen LogP contribution in [-0.4, -0.2) is 108 Å². The van der Waals surface area contributed by atoms with E-state index in [0.717, 1.165) is 25.9 Å². The SMILES string of the molecule is CCOc1ccccc1C1(OC(=O)N2CCN(C3CCN(C)CC3)CC2)C(=O)N(S(=O)(=O)c2ccc(OC)cc2OC)c2ccc(C#N)c(I)c21. The predicted octanol–water partition coefficient (Wildman–Crippen LogP) is 4.41. The summed E-state index contributed by atoms with van der Waals surface area (Å²) in [6.07, 6.45) is 1.31.